The molecule has 1 aliphatic heterocycles. The van der Waals surface area contributed by atoms with E-state index in [0.717, 1.165) is 11.3 Å². The second kappa shape index (κ2) is 6.05. The SMILES string of the molecule is O=C(/C=C/c1ccc([N+](=O)[O-])s1)Nc1ccc2c(c1)C(=O)NC2=O. The molecule has 0 unspecified atom stereocenters. The van der Waals surface area contributed by atoms with Crippen LogP contribution in [0.5, 0.6) is 0 Å². The summed E-state index contributed by atoms with van der Waals surface area (Å²) < 4.78 is 0. The van der Waals surface area contributed by atoms with E-state index in [0.29, 0.717) is 10.6 Å². The van der Waals surface area contributed by atoms with Crippen molar-refractivity contribution in [3.63, 3.8) is 0 Å². The fraction of sp³-hybridized carbons (Fsp3) is 0. The molecule has 1 aromatic carbocycles. The summed E-state index contributed by atoms with van der Waals surface area (Å²) >= 11 is 0.950. The van der Waals surface area contributed by atoms with Crippen LogP contribution >= 0.6 is 11.3 Å². The van der Waals surface area contributed by atoms with E-state index < -0.39 is 22.6 Å². The maximum Gasteiger partial charge on any atom is 0.324 e. The number of hydrogen-bond acceptors (Lipinski definition) is 6. The van der Waals surface area contributed by atoms with Gasteiger partial charge in [-0.3, -0.25) is 29.8 Å². The molecule has 0 atom stereocenters. The zero-order chi connectivity index (χ0) is 17.3. The average Bonchev–Trinajstić information content (AvgIpc) is 3.11. The Morgan fingerprint density at radius 3 is 2.62 bits per heavy atom. The lowest BCUT2D eigenvalue weighted by atomic mass is 10.1. The number of fused-ring (bicyclic) bond motifs is 1. The molecule has 0 fully saturated rings. The van der Waals surface area contributed by atoms with Gasteiger partial charge in [0.25, 0.3) is 11.8 Å². The summed E-state index contributed by atoms with van der Waals surface area (Å²) in [7, 11) is 0. The zero-order valence-electron chi connectivity index (χ0n) is 11.9. The van der Waals surface area contributed by atoms with Crippen LogP contribution in [0.4, 0.5) is 10.7 Å². The molecule has 0 bridgehead atoms. The molecule has 2 heterocycles. The molecular formula is C15H9N3O5S. The van der Waals surface area contributed by atoms with Crippen LogP contribution in [0.1, 0.15) is 25.6 Å². The Morgan fingerprint density at radius 1 is 1.17 bits per heavy atom. The van der Waals surface area contributed by atoms with Crippen LogP contribution in [0.3, 0.4) is 0 Å². The summed E-state index contributed by atoms with van der Waals surface area (Å²) in [6, 6.07) is 7.28. The molecule has 120 valence electrons. The molecule has 0 spiro atoms. The van der Waals surface area contributed by atoms with Gasteiger partial charge in [-0.25, -0.2) is 0 Å². The van der Waals surface area contributed by atoms with Crippen LogP contribution in [0.2, 0.25) is 0 Å². The highest BCUT2D eigenvalue weighted by Crippen LogP contribution is 2.25. The maximum atomic E-state index is 11.9. The van der Waals surface area contributed by atoms with Crippen LogP contribution < -0.4 is 10.6 Å². The molecular weight excluding hydrogens is 334 g/mol. The van der Waals surface area contributed by atoms with Crippen molar-refractivity contribution in [1.82, 2.24) is 5.32 Å². The molecule has 0 radical (unpaired) electrons. The number of carbonyl (C=O) groups excluding carboxylic acids is 3. The molecule has 2 N–H and O–H groups in total. The predicted octanol–water partition coefficient (Wildman–Crippen LogP) is 2.19. The van der Waals surface area contributed by atoms with Gasteiger partial charge in [-0.1, -0.05) is 11.3 Å². The van der Waals surface area contributed by atoms with Gasteiger partial charge in [0, 0.05) is 22.7 Å². The number of nitrogens with zero attached hydrogens (tertiary/aromatic N) is 1. The van der Waals surface area contributed by atoms with E-state index in [-0.39, 0.29) is 16.1 Å². The van der Waals surface area contributed by atoms with Gasteiger partial charge in [0.2, 0.25) is 5.91 Å². The van der Waals surface area contributed by atoms with Gasteiger partial charge in [-0.15, -0.1) is 0 Å². The van der Waals surface area contributed by atoms with E-state index in [1.165, 1.54) is 42.5 Å². The van der Waals surface area contributed by atoms with E-state index in [2.05, 4.69) is 10.6 Å². The third-order valence-electron chi connectivity index (χ3n) is 3.19. The molecule has 3 amide bonds. The topological polar surface area (TPSA) is 118 Å². The summed E-state index contributed by atoms with van der Waals surface area (Å²) in [6.45, 7) is 0. The summed E-state index contributed by atoms with van der Waals surface area (Å²) in [5.41, 5.74) is 0.834. The Hall–Kier alpha value is -3.33. The molecule has 1 aromatic heterocycles. The van der Waals surface area contributed by atoms with Crippen molar-refractivity contribution in [2.45, 2.75) is 0 Å². The third kappa shape index (κ3) is 3.06. The zero-order valence-corrected chi connectivity index (χ0v) is 12.8. The lowest BCUT2D eigenvalue weighted by Crippen LogP contribution is -2.19. The molecule has 3 rings (SSSR count). The molecule has 1 aliphatic rings. The fourth-order valence-electron chi connectivity index (χ4n) is 2.12. The second-order valence-corrected chi connectivity index (χ2v) is 5.89. The van der Waals surface area contributed by atoms with E-state index in [9.17, 15) is 24.5 Å². The Labute approximate surface area is 138 Å². The number of carbonyl (C=O) groups is 3. The number of nitro groups is 1. The number of nitrogens with one attached hydrogen (secondary N) is 2. The van der Waals surface area contributed by atoms with Gasteiger partial charge in [0.15, 0.2) is 0 Å². The first-order chi connectivity index (χ1) is 11.4. The van der Waals surface area contributed by atoms with Crippen LogP contribution in [0.25, 0.3) is 6.08 Å². The van der Waals surface area contributed by atoms with Crippen molar-refractivity contribution in [1.29, 1.82) is 0 Å². The van der Waals surface area contributed by atoms with Crippen LogP contribution in [0, 0.1) is 10.1 Å². The lowest BCUT2D eigenvalue weighted by Gasteiger charge is -2.03. The van der Waals surface area contributed by atoms with Gasteiger partial charge < -0.3 is 5.32 Å². The van der Waals surface area contributed by atoms with Crippen LogP contribution in [0.15, 0.2) is 36.4 Å². The minimum atomic E-state index is -0.507. The molecule has 24 heavy (non-hydrogen) atoms. The normalized spacial score (nSPS) is 13.0. The minimum absolute atomic E-state index is 0.00985. The highest BCUT2D eigenvalue weighted by molar-refractivity contribution is 7.16. The summed E-state index contributed by atoms with van der Waals surface area (Å²) in [4.78, 5) is 45.5. The first-order valence-electron chi connectivity index (χ1n) is 6.67. The summed E-state index contributed by atoms with van der Waals surface area (Å²) in [5.74, 6) is -1.43. The molecule has 9 heteroatoms. The van der Waals surface area contributed by atoms with Gasteiger partial charge in [-0.05, 0) is 30.3 Å². The first-order valence-corrected chi connectivity index (χ1v) is 7.49. The monoisotopic (exact) mass is 343 g/mol. The molecule has 0 aliphatic carbocycles. The van der Waals surface area contributed by atoms with E-state index >= 15 is 0 Å². The fourth-order valence-corrected chi connectivity index (χ4v) is 2.84. The van der Waals surface area contributed by atoms with Crippen molar-refractivity contribution < 1.29 is 19.3 Å². The molecule has 8 nitrogen and oxygen atoms in total. The minimum Gasteiger partial charge on any atom is -0.322 e. The number of hydrogen-bond donors (Lipinski definition) is 2. The van der Waals surface area contributed by atoms with Crippen molar-refractivity contribution in [2.24, 2.45) is 0 Å². The first kappa shape index (κ1) is 15.6. The molecule has 0 saturated heterocycles. The second-order valence-electron chi connectivity index (χ2n) is 4.80. The van der Waals surface area contributed by atoms with E-state index in [1.54, 1.807) is 0 Å². The van der Waals surface area contributed by atoms with Gasteiger partial charge in [0.1, 0.15) is 0 Å². The number of imide groups is 1. The largest absolute Gasteiger partial charge is 0.324 e. The Bertz CT molecular complexity index is 916. The quantitative estimate of drug-likeness (QED) is 0.382. The number of amides is 3. The number of rotatable bonds is 4. The summed E-state index contributed by atoms with van der Waals surface area (Å²) in [5, 5.41) is 15.3. The molecule has 0 saturated carbocycles. The maximum absolute atomic E-state index is 11.9. The van der Waals surface area contributed by atoms with Crippen molar-refractivity contribution in [3.8, 4) is 0 Å². The number of anilines is 1. The Balaban J connectivity index is 1.70. The van der Waals surface area contributed by atoms with Gasteiger partial charge >= 0.3 is 5.00 Å². The van der Waals surface area contributed by atoms with Gasteiger partial charge in [-0.2, -0.15) is 0 Å². The number of benzene rings is 1. The smallest absolute Gasteiger partial charge is 0.322 e. The standard InChI is InChI=1S/C15H9N3O5S/c19-12(5-2-9-3-6-13(24-9)18(22)23)16-8-1-4-10-11(7-8)15(21)17-14(10)20/h1-7H,(H,16,19)(H,17,20,21)/b5-2+. The Morgan fingerprint density at radius 2 is 1.92 bits per heavy atom. The van der Waals surface area contributed by atoms with E-state index in [1.807, 2.05) is 0 Å². The molecule has 2 aromatic rings. The lowest BCUT2D eigenvalue weighted by molar-refractivity contribution is -0.380. The van der Waals surface area contributed by atoms with Gasteiger partial charge in [0.05, 0.1) is 16.1 Å². The van der Waals surface area contributed by atoms with E-state index in [4.69, 9.17) is 0 Å². The highest BCUT2D eigenvalue weighted by Gasteiger charge is 2.26. The Kier molecular flexibility index (Phi) is 3.92. The van der Waals surface area contributed by atoms with Crippen molar-refractivity contribution in [2.75, 3.05) is 5.32 Å². The van der Waals surface area contributed by atoms with Crippen LogP contribution in [-0.4, -0.2) is 22.6 Å². The van der Waals surface area contributed by atoms with Crippen molar-refractivity contribution >= 4 is 45.8 Å². The average molecular weight is 343 g/mol. The number of thiophene rings is 1. The third-order valence-corrected chi connectivity index (χ3v) is 4.20. The summed E-state index contributed by atoms with van der Waals surface area (Å²) in [6.07, 6.45) is 2.69. The van der Waals surface area contributed by atoms with Crippen LogP contribution in [-0.2, 0) is 4.79 Å². The highest BCUT2D eigenvalue weighted by atomic mass is 32.1. The predicted molar refractivity (Wildman–Crippen MR) is 86.9 cm³/mol. The van der Waals surface area contributed by atoms with Crippen molar-refractivity contribution in [3.05, 3.63) is 62.5 Å².